The highest BCUT2D eigenvalue weighted by Gasteiger charge is 2.28. The number of hydrogen-bond acceptors (Lipinski definition) is 3. The van der Waals surface area contributed by atoms with E-state index in [0.29, 0.717) is 18.1 Å². The third-order valence-electron chi connectivity index (χ3n) is 5.98. The zero-order chi connectivity index (χ0) is 22.3. The molecule has 0 spiro atoms. The van der Waals surface area contributed by atoms with Crippen molar-refractivity contribution in [1.29, 1.82) is 0 Å². The zero-order valence-corrected chi connectivity index (χ0v) is 20.1. The number of anilines is 1. The van der Waals surface area contributed by atoms with E-state index in [9.17, 15) is 0 Å². The van der Waals surface area contributed by atoms with Crippen LogP contribution in [0.15, 0.2) is 66.2 Å². The molecule has 3 nitrogen and oxygen atoms in total. The molecule has 1 unspecified atom stereocenters. The molecule has 0 N–H and O–H groups in total. The predicted molar refractivity (Wildman–Crippen MR) is 133 cm³/mol. The highest BCUT2D eigenvalue weighted by Crippen LogP contribution is 2.27. The Balaban J connectivity index is 1.64. The van der Waals surface area contributed by atoms with Gasteiger partial charge in [-0.25, -0.2) is 0 Å². The van der Waals surface area contributed by atoms with Gasteiger partial charge in [0.25, 0.3) is 0 Å². The van der Waals surface area contributed by atoms with Crippen molar-refractivity contribution in [3.8, 4) is 5.75 Å². The lowest BCUT2D eigenvalue weighted by Gasteiger charge is -2.31. The SMILES string of the molecule is CC(C)=CCN(c1ccc(OCc2ccccc2)cc1)C1CCN(CCC(C)(C)C)C1. The van der Waals surface area contributed by atoms with Crippen molar-refractivity contribution in [3.63, 3.8) is 0 Å². The number of rotatable bonds is 9. The Morgan fingerprint density at radius 3 is 2.42 bits per heavy atom. The molecular formula is C28H40N2O. The van der Waals surface area contributed by atoms with Gasteiger partial charge < -0.3 is 14.5 Å². The first kappa shape index (κ1) is 23.4. The summed E-state index contributed by atoms with van der Waals surface area (Å²) in [6.45, 7) is 16.5. The number of hydrogen-bond donors (Lipinski definition) is 0. The average Bonchev–Trinajstić information content (AvgIpc) is 3.21. The van der Waals surface area contributed by atoms with Gasteiger partial charge in [-0.15, -0.1) is 0 Å². The van der Waals surface area contributed by atoms with Crippen molar-refractivity contribution >= 4 is 5.69 Å². The molecule has 2 aromatic carbocycles. The first-order chi connectivity index (χ1) is 14.8. The molecule has 0 aliphatic carbocycles. The van der Waals surface area contributed by atoms with E-state index in [2.05, 4.69) is 99.0 Å². The number of nitrogens with zero attached hydrogens (tertiary/aromatic N) is 2. The van der Waals surface area contributed by atoms with E-state index < -0.39 is 0 Å². The molecule has 168 valence electrons. The van der Waals surface area contributed by atoms with Gasteiger partial charge >= 0.3 is 0 Å². The van der Waals surface area contributed by atoms with Gasteiger partial charge in [0.15, 0.2) is 0 Å². The van der Waals surface area contributed by atoms with Crippen LogP contribution in [-0.2, 0) is 6.61 Å². The van der Waals surface area contributed by atoms with Crippen molar-refractivity contribution in [2.75, 3.05) is 31.1 Å². The van der Waals surface area contributed by atoms with Crippen LogP contribution in [0.4, 0.5) is 5.69 Å². The minimum Gasteiger partial charge on any atom is -0.489 e. The second-order valence-electron chi connectivity index (χ2n) is 10.3. The van der Waals surface area contributed by atoms with Crippen LogP contribution >= 0.6 is 0 Å². The molecule has 1 fully saturated rings. The molecule has 0 amide bonds. The van der Waals surface area contributed by atoms with Gasteiger partial charge in [-0.2, -0.15) is 0 Å². The number of allylic oxidation sites excluding steroid dienone is 1. The van der Waals surface area contributed by atoms with Gasteiger partial charge in [-0.3, -0.25) is 0 Å². The topological polar surface area (TPSA) is 15.7 Å². The molecule has 0 radical (unpaired) electrons. The minimum atomic E-state index is 0.398. The molecule has 0 saturated carbocycles. The number of ether oxygens (including phenoxy) is 1. The Labute approximate surface area is 189 Å². The van der Waals surface area contributed by atoms with Crippen LogP contribution in [0.25, 0.3) is 0 Å². The summed E-state index contributed by atoms with van der Waals surface area (Å²) in [5.41, 5.74) is 4.25. The molecule has 0 bridgehead atoms. The van der Waals surface area contributed by atoms with E-state index in [-0.39, 0.29) is 0 Å². The third kappa shape index (κ3) is 7.74. The number of benzene rings is 2. The fraction of sp³-hybridized carbons (Fsp3) is 0.500. The number of likely N-dealkylation sites (tertiary alicyclic amines) is 1. The van der Waals surface area contributed by atoms with Gasteiger partial charge in [0.05, 0.1) is 0 Å². The Hall–Kier alpha value is -2.26. The van der Waals surface area contributed by atoms with Gasteiger partial charge in [0.2, 0.25) is 0 Å². The highest BCUT2D eigenvalue weighted by atomic mass is 16.5. The Morgan fingerprint density at radius 1 is 1.06 bits per heavy atom. The van der Waals surface area contributed by atoms with Crippen LogP contribution in [0.2, 0.25) is 0 Å². The maximum absolute atomic E-state index is 5.99. The smallest absolute Gasteiger partial charge is 0.119 e. The van der Waals surface area contributed by atoms with Crippen LogP contribution < -0.4 is 9.64 Å². The summed E-state index contributed by atoms with van der Waals surface area (Å²) < 4.78 is 5.99. The fourth-order valence-electron chi connectivity index (χ4n) is 3.98. The predicted octanol–water partition coefficient (Wildman–Crippen LogP) is 6.55. The second-order valence-corrected chi connectivity index (χ2v) is 10.3. The molecule has 0 aromatic heterocycles. The Bertz CT molecular complexity index is 816. The molecule has 1 aliphatic heterocycles. The van der Waals surface area contributed by atoms with E-state index in [4.69, 9.17) is 4.74 Å². The lowest BCUT2D eigenvalue weighted by molar-refractivity contribution is 0.262. The lowest BCUT2D eigenvalue weighted by Crippen LogP contribution is -2.38. The lowest BCUT2D eigenvalue weighted by atomic mass is 9.92. The molecule has 1 saturated heterocycles. The van der Waals surface area contributed by atoms with E-state index in [0.717, 1.165) is 18.8 Å². The molecule has 3 heteroatoms. The first-order valence-corrected chi connectivity index (χ1v) is 11.7. The highest BCUT2D eigenvalue weighted by molar-refractivity contribution is 5.51. The van der Waals surface area contributed by atoms with E-state index in [1.807, 2.05) is 6.07 Å². The van der Waals surface area contributed by atoms with Crippen molar-refractivity contribution < 1.29 is 4.74 Å². The van der Waals surface area contributed by atoms with Crippen molar-refractivity contribution in [3.05, 3.63) is 71.8 Å². The maximum atomic E-state index is 5.99. The first-order valence-electron chi connectivity index (χ1n) is 11.7. The van der Waals surface area contributed by atoms with Crippen LogP contribution in [-0.4, -0.2) is 37.1 Å². The van der Waals surface area contributed by atoms with Crippen LogP contribution in [0.5, 0.6) is 5.75 Å². The van der Waals surface area contributed by atoms with E-state index >= 15 is 0 Å². The maximum Gasteiger partial charge on any atom is 0.119 e. The summed E-state index contributed by atoms with van der Waals surface area (Å²) in [5.74, 6) is 0.924. The average molecular weight is 421 g/mol. The van der Waals surface area contributed by atoms with Crippen LogP contribution in [0, 0.1) is 5.41 Å². The molecule has 1 heterocycles. The normalized spacial score (nSPS) is 16.9. The van der Waals surface area contributed by atoms with E-state index in [1.165, 1.54) is 42.8 Å². The third-order valence-corrected chi connectivity index (χ3v) is 5.98. The fourth-order valence-corrected chi connectivity index (χ4v) is 3.98. The molecule has 1 aliphatic rings. The summed E-state index contributed by atoms with van der Waals surface area (Å²) in [6.07, 6.45) is 4.83. The van der Waals surface area contributed by atoms with Gasteiger partial charge in [0, 0.05) is 31.4 Å². The molecule has 31 heavy (non-hydrogen) atoms. The van der Waals surface area contributed by atoms with Gasteiger partial charge in [-0.05, 0) is 68.5 Å². The van der Waals surface area contributed by atoms with Crippen LogP contribution in [0.3, 0.4) is 0 Å². The van der Waals surface area contributed by atoms with Crippen molar-refractivity contribution in [2.45, 2.75) is 60.1 Å². The van der Waals surface area contributed by atoms with Crippen LogP contribution in [0.1, 0.15) is 53.0 Å². The molecular weight excluding hydrogens is 380 g/mol. The summed E-state index contributed by atoms with van der Waals surface area (Å²) in [4.78, 5) is 5.22. The monoisotopic (exact) mass is 420 g/mol. The van der Waals surface area contributed by atoms with Crippen molar-refractivity contribution in [1.82, 2.24) is 4.90 Å². The van der Waals surface area contributed by atoms with Gasteiger partial charge in [-0.1, -0.05) is 62.8 Å². The summed E-state index contributed by atoms with van der Waals surface area (Å²) >= 11 is 0. The minimum absolute atomic E-state index is 0.398. The second kappa shape index (κ2) is 10.9. The quantitative estimate of drug-likeness (QED) is 0.428. The zero-order valence-electron chi connectivity index (χ0n) is 20.1. The van der Waals surface area contributed by atoms with Crippen molar-refractivity contribution in [2.24, 2.45) is 5.41 Å². The summed E-state index contributed by atoms with van der Waals surface area (Å²) in [5, 5.41) is 0. The van der Waals surface area contributed by atoms with E-state index in [1.54, 1.807) is 0 Å². The Kier molecular flexibility index (Phi) is 8.20. The standard InChI is InChI=1S/C28H40N2O/c1-23(2)15-19-30(26-16-18-29(21-26)20-17-28(3,4)5)25-11-13-27(14-12-25)31-22-24-9-7-6-8-10-24/h6-15,26H,16-22H2,1-5H3. The molecule has 2 aromatic rings. The summed E-state index contributed by atoms with van der Waals surface area (Å²) in [7, 11) is 0. The largest absolute Gasteiger partial charge is 0.489 e. The Morgan fingerprint density at radius 2 is 1.77 bits per heavy atom. The summed E-state index contributed by atoms with van der Waals surface area (Å²) in [6, 6.07) is 19.6. The van der Waals surface area contributed by atoms with Gasteiger partial charge in [0.1, 0.15) is 12.4 Å². The molecule has 1 atom stereocenters. The molecule has 3 rings (SSSR count).